The maximum absolute atomic E-state index is 6.55. The number of aliphatic imine (C=N–C) groups is 1. The lowest BCUT2D eigenvalue weighted by atomic mass is 9.96. The number of hydrogen-bond donors (Lipinski definition) is 1. The van der Waals surface area contributed by atoms with Crippen LogP contribution in [-0.2, 0) is 9.47 Å². The molecule has 1 aromatic carbocycles. The summed E-state index contributed by atoms with van der Waals surface area (Å²) in [7, 11) is 3.97. The van der Waals surface area contributed by atoms with Crippen molar-refractivity contribution in [3.05, 3.63) is 34.9 Å². The van der Waals surface area contributed by atoms with Crippen LogP contribution in [0, 0.1) is 5.92 Å². The lowest BCUT2D eigenvalue weighted by Crippen LogP contribution is -2.47. The molecular formula is C22H36ClIN4O2. The van der Waals surface area contributed by atoms with Gasteiger partial charge in [0.1, 0.15) is 0 Å². The number of ether oxygens (including phenoxy) is 2. The smallest absolute Gasteiger partial charge is 0.193 e. The van der Waals surface area contributed by atoms with E-state index in [1.165, 1.54) is 19.3 Å². The molecule has 2 saturated heterocycles. The standard InChI is InChI=1S/C22H35ClN4O2.HI/c1-24-22(26(2)10-7-18-8-13-28-14-9-18)25-17-21(27-11-15-29-16-12-27)19-5-3-4-6-20(19)23;/h3-6,18,21H,7-17H2,1-2H3,(H,24,25);1H. The number of hydrogen-bond acceptors (Lipinski definition) is 4. The van der Waals surface area contributed by atoms with E-state index in [9.17, 15) is 0 Å². The minimum Gasteiger partial charge on any atom is -0.381 e. The Kier molecular flexibility index (Phi) is 11.7. The average molecular weight is 551 g/mol. The van der Waals surface area contributed by atoms with Crippen LogP contribution in [0.1, 0.15) is 30.9 Å². The Hall–Kier alpha value is -0.610. The molecule has 0 amide bonds. The van der Waals surface area contributed by atoms with E-state index in [0.29, 0.717) is 0 Å². The van der Waals surface area contributed by atoms with Crippen LogP contribution >= 0.6 is 35.6 Å². The molecule has 1 aromatic rings. The first-order chi connectivity index (χ1) is 14.2. The van der Waals surface area contributed by atoms with E-state index < -0.39 is 0 Å². The highest BCUT2D eigenvalue weighted by Gasteiger charge is 2.25. The van der Waals surface area contributed by atoms with Gasteiger partial charge in [0.15, 0.2) is 5.96 Å². The van der Waals surface area contributed by atoms with Gasteiger partial charge in [0.25, 0.3) is 0 Å². The highest BCUT2D eigenvalue weighted by molar-refractivity contribution is 14.0. The molecule has 1 N–H and O–H groups in total. The normalized spacial score (nSPS) is 19.8. The van der Waals surface area contributed by atoms with Crippen LogP contribution in [0.5, 0.6) is 0 Å². The van der Waals surface area contributed by atoms with Crippen LogP contribution in [0.25, 0.3) is 0 Å². The van der Waals surface area contributed by atoms with Gasteiger partial charge in [0.05, 0.1) is 19.3 Å². The third-order valence-electron chi connectivity index (χ3n) is 5.99. The Balaban J connectivity index is 0.00000320. The van der Waals surface area contributed by atoms with Gasteiger partial charge in [0, 0.05) is 58.5 Å². The minimum atomic E-state index is 0. The van der Waals surface area contributed by atoms with Gasteiger partial charge in [-0.25, -0.2) is 0 Å². The summed E-state index contributed by atoms with van der Waals surface area (Å²) in [6.07, 6.45) is 3.52. The third-order valence-corrected chi connectivity index (χ3v) is 6.34. The van der Waals surface area contributed by atoms with Crippen LogP contribution in [0.2, 0.25) is 5.02 Å². The predicted molar refractivity (Wildman–Crippen MR) is 134 cm³/mol. The molecule has 0 bridgehead atoms. The maximum Gasteiger partial charge on any atom is 0.193 e. The zero-order valence-corrected chi connectivity index (χ0v) is 21.3. The molecule has 2 fully saturated rings. The number of nitrogens with zero attached hydrogens (tertiary/aromatic N) is 3. The highest BCUT2D eigenvalue weighted by atomic mass is 127. The molecule has 30 heavy (non-hydrogen) atoms. The summed E-state index contributed by atoms with van der Waals surface area (Å²) in [6, 6.07) is 8.33. The Morgan fingerprint density at radius 2 is 1.87 bits per heavy atom. The van der Waals surface area contributed by atoms with Gasteiger partial charge in [-0.2, -0.15) is 0 Å². The first-order valence-electron chi connectivity index (χ1n) is 10.7. The van der Waals surface area contributed by atoms with E-state index in [-0.39, 0.29) is 30.0 Å². The fourth-order valence-corrected chi connectivity index (χ4v) is 4.42. The monoisotopic (exact) mass is 550 g/mol. The van der Waals surface area contributed by atoms with Gasteiger partial charge in [-0.05, 0) is 36.8 Å². The van der Waals surface area contributed by atoms with Crippen LogP contribution < -0.4 is 5.32 Å². The molecule has 6 nitrogen and oxygen atoms in total. The van der Waals surface area contributed by atoms with Crippen molar-refractivity contribution in [1.29, 1.82) is 0 Å². The number of rotatable bonds is 7. The Bertz CT molecular complexity index is 652. The lowest BCUT2D eigenvalue weighted by Gasteiger charge is -2.36. The Morgan fingerprint density at radius 3 is 2.53 bits per heavy atom. The molecule has 1 atom stereocenters. The first kappa shape index (κ1) is 25.6. The van der Waals surface area contributed by atoms with Crippen LogP contribution in [0.3, 0.4) is 0 Å². The van der Waals surface area contributed by atoms with Crippen molar-refractivity contribution in [3.8, 4) is 0 Å². The minimum absolute atomic E-state index is 0. The number of morpholine rings is 1. The summed E-state index contributed by atoms with van der Waals surface area (Å²) < 4.78 is 11.0. The lowest BCUT2D eigenvalue weighted by molar-refractivity contribution is 0.0169. The molecule has 0 aromatic heterocycles. The molecule has 0 spiro atoms. The van der Waals surface area contributed by atoms with Gasteiger partial charge in [-0.3, -0.25) is 9.89 Å². The van der Waals surface area contributed by atoms with Gasteiger partial charge in [0.2, 0.25) is 0 Å². The van der Waals surface area contributed by atoms with E-state index in [0.717, 1.165) is 75.1 Å². The molecule has 2 heterocycles. The molecule has 3 rings (SSSR count). The van der Waals surface area contributed by atoms with Crippen molar-refractivity contribution in [1.82, 2.24) is 15.1 Å². The molecule has 1 unspecified atom stereocenters. The van der Waals surface area contributed by atoms with E-state index in [1.807, 2.05) is 19.2 Å². The second kappa shape index (κ2) is 13.7. The summed E-state index contributed by atoms with van der Waals surface area (Å²) in [5.41, 5.74) is 1.16. The van der Waals surface area contributed by atoms with Crippen molar-refractivity contribution in [2.75, 3.05) is 66.7 Å². The molecule has 0 radical (unpaired) electrons. The van der Waals surface area contributed by atoms with E-state index in [2.05, 4.69) is 39.3 Å². The summed E-state index contributed by atoms with van der Waals surface area (Å²) in [5.74, 6) is 1.69. The number of halogens is 2. The van der Waals surface area contributed by atoms with E-state index in [4.69, 9.17) is 21.1 Å². The molecule has 0 aliphatic carbocycles. The summed E-state index contributed by atoms with van der Waals surface area (Å²) in [4.78, 5) is 9.20. The predicted octanol–water partition coefficient (Wildman–Crippen LogP) is 3.66. The quantitative estimate of drug-likeness (QED) is 0.319. The summed E-state index contributed by atoms with van der Waals surface area (Å²) in [6.45, 7) is 6.92. The fraction of sp³-hybridized carbons (Fsp3) is 0.682. The fourth-order valence-electron chi connectivity index (χ4n) is 4.16. The number of guanidine groups is 1. The largest absolute Gasteiger partial charge is 0.381 e. The first-order valence-corrected chi connectivity index (χ1v) is 11.1. The molecular weight excluding hydrogens is 515 g/mol. The zero-order valence-electron chi connectivity index (χ0n) is 18.2. The molecule has 2 aliphatic heterocycles. The summed E-state index contributed by atoms with van der Waals surface area (Å²) >= 11 is 6.55. The topological polar surface area (TPSA) is 49.3 Å². The molecule has 0 saturated carbocycles. The Morgan fingerprint density at radius 1 is 1.20 bits per heavy atom. The molecule has 170 valence electrons. The van der Waals surface area contributed by atoms with Gasteiger partial charge in [-0.15, -0.1) is 24.0 Å². The van der Waals surface area contributed by atoms with Crippen LogP contribution in [0.4, 0.5) is 0 Å². The Labute approximate surface area is 203 Å². The van der Waals surface area contributed by atoms with Gasteiger partial charge >= 0.3 is 0 Å². The van der Waals surface area contributed by atoms with E-state index in [1.54, 1.807) is 0 Å². The second-order valence-electron chi connectivity index (χ2n) is 7.88. The van der Waals surface area contributed by atoms with Gasteiger partial charge < -0.3 is 19.7 Å². The molecule has 8 heteroatoms. The van der Waals surface area contributed by atoms with Crippen molar-refractivity contribution in [2.45, 2.75) is 25.3 Å². The van der Waals surface area contributed by atoms with Crippen molar-refractivity contribution < 1.29 is 9.47 Å². The maximum atomic E-state index is 6.55. The van der Waals surface area contributed by atoms with E-state index >= 15 is 0 Å². The van der Waals surface area contributed by atoms with Crippen LogP contribution in [-0.4, -0.2) is 82.5 Å². The zero-order chi connectivity index (χ0) is 20.5. The highest BCUT2D eigenvalue weighted by Crippen LogP contribution is 2.28. The van der Waals surface area contributed by atoms with Crippen LogP contribution in [0.15, 0.2) is 29.3 Å². The number of nitrogens with one attached hydrogen (secondary N) is 1. The van der Waals surface area contributed by atoms with Crippen molar-refractivity contribution in [3.63, 3.8) is 0 Å². The average Bonchev–Trinajstić information content (AvgIpc) is 2.77. The molecule has 2 aliphatic rings. The third kappa shape index (κ3) is 7.51. The van der Waals surface area contributed by atoms with Crippen molar-refractivity contribution in [2.24, 2.45) is 10.9 Å². The van der Waals surface area contributed by atoms with Gasteiger partial charge in [-0.1, -0.05) is 29.8 Å². The second-order valence-corrected chi connectivity index (χ2v) is 8.29. The summed E-state index contributed by atoms with van der Waals surface area (Å²) in [5, 5.41) is 4.40. The SMILES string of the molecule is CN=C(NCC(c1ccccc1Cl)N1CCOCC1)N(C)CCC1CCOCC1.I. The number of benzene rings is 1. The van der Waals surface area contributed by atoms with Crippen molar-refractivity contribution >= 4 is 41.5 Å².